The summed E-state index contributed by atoms with van der Waals surface area (Å²) < 4.78 is 0. The molecule has 1 aliphatic rings. The van der Waals surface area contributed by atoms with Gasteiger partial charge in [0.25, 0.3) is 0 Å². The number of carboxylic acid groups (broad SMARTS) is 1. The summed E-state index contributed by atoms with van der Waals surface area (Å²) in [5.74, 6) is -0.968. The van der Waals surface area contributed by atoms with Gasteiger partial charge in [-0.3, -0.25) is 0 Å². The van der Waals surface area contributed by atoms with Crippen LogP contribution in [0, 0.1) is 0 Å². The van der Waals surface area contributed by atoms with Crippen LogP contribution >= 0.6 is 0 Å². The molecule has 3 nitrogen and oxygen atoms in total. The van der Waals surface area contributed by atoms with Crippen molar-refractivity contribution in [3.05, 3.63) is 0 Å². The third-order valence-corrected chi connectivity index (χ3v) is 2.48. The summed E-state index contributed by atoms with van der Waals surface area (Å²) in [6.45, 7) is 1.86. The van der Waals surface area contributed by atoms with E-state index in [2.05, 4.69) is 5.32 Å². The van der Waals surface area contributed by atoms with Crippen LogP contribution in [-0.4, -0.2) is 18.1 Å². The average molecular weight is 193 g/mol. The molecule has 0 aromatic carbocycles. The van der Waals surface area contributed by atoms with Crippen LogP contribution in [0.15, 0.2) is 0 Å². The monoisotopic (exact) mass is 193 g/mol. The van der Waals surface area contributed by atoms with E-state index in [1.54, 1.807) is 0 Å². The van der Waals surface area contributed by atoms with Crippen LogP contribution in [0.25, 0.3) is 0 Å². The van der Waals surface area contributed by atoms with Gasteiger partial charge in [-0.25, -0.2) is 0 Å². The fourth-order valence-electron chi connectivity index (χ4n) is 1.73. The number of carbonyl (C=O) groups is 1. The summed E-state index contributed by atoms with van der Waals surface area (Å²) in [6, 6.07) is -0.0408. The number of carbonyl (C=O) groups excluding carboxylic acids is 1. The van der Waals surface area contributed by atoms with E-state index in [9.17, 15) is 9.90 Å². The maximum absolute atomic E-state index is 10.5. The Kier molecular flexibility index (Phi) is 7.05. The Morgan fingerprint density at radius 1 is 1.54 bits per heavy atom. The SMILES string of the molecule is CCC(NC1CCCC1)C(=O)[O-].[Na+]. The van der Waals surface area contributed by atoms with Gasteiger partial charge in [0, 0.05) is 12.1 Å². The van der Waals surface area contributed by atoms with Crippen molar-refractivity contribution in [2.24, 2.45) is 0 Å². The van der Waals surface area contributed by atoms with E-state index in [1.807, 2.05) is 6.92 Å². The van der Waals surface area contributed by atoms with Gasteiger partial charge >= 0.3 is 29.6 Å². The van der Waals surface area contributed by atoms with Crippen molar-refractivity contribution in [2.45, 2.75) is 51.1 Å². The molecular formula is C9H16NNaO2. The Morgan fingerprint density at radius 3 is 2.46 bits per heavy atom. The molecule has 1 atom stereocenters. The van der Waals surface area contributed by atoms with Gasteiger partial charge in [-0.05, 0) is 19.3 Å². The van der Waals surface area contributed by atoms with E-state index < -0.39 is 12.0 Å². The molecule has 0 heterocycles. The molecule has 1 saturated carbocycles. The fourth-order valence-corrected chi connectivity index (χ4v) is 1.73. The summed E-state index contributed by atoms with van der Waals surface area (Å²) in [4.78, 5) is 10.5. The number of aliphatic carboxylic acids is 1. The van der Waals surface area contributed by atoms with Crippen molar-refractivity contribution < 1.29 is 39.5 Å². The molecule has 13 heavy (non-hydrogen) atoms. The minimum Gasteiger partial charge on any atom is -0.548 e. The third kappa shape index (κ3) is 4.45. The van der Waals surface area contributed by atoms with Gasteiger partial charge in [-0.2, -0.15) is 0 Å². The molecule has 0 aromatic rings. The topological polar surface area (TPSA) is 52.2 Å². The zero-order chi connectivity index (χ0) is 8.97. The van der Waals surface area contributed by atoms with Crippen molar-refractivity contribution in [1.82, 2.24) is 5.32 Å². The molecule has 0 saturated heterocycles. The molecule has 1 aliphatic carbocycles. The Bertz CT molecular complexity index is 158. The molecule has 70 valence electrons. The first-order valence-electron chi connectivity index (χ1n) is 4.71. The van der Waals surface area contributed by atoms with Crippen LogP contribution in [0.3, 0.4) is 0 Å². The Morgan fingerprint density at radius 2 is 2.08 bits per heavy atom. The van der Waals surface area contributed by atoms with Gasteiger partial charge in [0.1, 0.15) is 0 Å². The number of rotatable bonds is 4. The first-order valence-corrected chi connectivity index (χ1v) is 4.71. The molecule has 1 rings (SSSR count). The molecule has 0 bridgehead atoms. The van der Waals surface area contributed by atoms with Crippen molar-refractivity contribution in [1.29, 1.82) is 0 Å². The molecule has 1 unspecified atom stereocenters. The first kappa shape index (κ1) is 13.4. The molecule has 4 heteroatoms. The Balaban J connectivity index is 0.00000144. The number of carboxylic acids is 1. The largest absolute Gasteiger partial charge is 1.00 e. The summed E-state index contributed by atoms with van der Waals surface area (Å²) in [5.41, 5.74) is 0. The first-order chi connectivity index (χ1) is 5.74. The van der Waals surface area contributed by atoms with Crippen LogP contribution in [0.2, 0.25) is 0 Å². The zero-order valence-electron chi connectivity index (χ0n) is 8.51. The number of nitrogens with one attached hydrogen (secondary N) is 1. The summed E-state index contributed by atoms with van der Waals surface area (Å²) in [6.07, 6.45) is 5.29. The van der Waals surface area contributed by atoms with Crippen molar-refractivity contribution in [3.63, 3.8) is 0 Å². The van der Waals surface area contributed by atoms with E-state index >= 15 is 0 Å². The normalized spacial score (nSPS) is 19.5. The quantitative estimate of drug-likeness (QED) is 0.486. The predicted octanol–water partition coefficient (Wildman–Crippen LogP) is -2.95. The molecule has 0 spiro atoms. The summed E-state index contributed by atoms with van der Waals surface area (Å²) >= 11 is 0. The molecular weight excluding hydrogens is 177 g/mol. The van der Waals surface area contributed by atoms with Crippen molar-refractivity contribution in [2.75, 3.05) is 0 Å². The molecule has 0 radical (unpaired) electrons. The minimum atomic E-state index is -0.968. The van der Waals surface area contributed by atoms with Crippen LogP contribution in [0.5, 0.6) is 0 Å². The van der Waals surface area contributed by atoms with Gasteiger partial charge in [-0.1, -0.05) is 19.8 Å². The smallest absolute Gasteiger partial charge is 0.548 e. The molecule has 0 aromatic heterocycles. The summed E-state index contributed by atoms with van der Waals surface area (Å²) in [7, 11) is 0. The van der Waals surface area contributed by atoms with Crippen LogP contribution in [0.1, 0.15) is 39.0 Å². The molecule has 0 amide bonds. The van der Waals surface area contributed by atoms with Gasteiger partial charge in [0.2, 0.25) is 0 Å². The Hall–Kier alpha value is 0.430. The Labute approximate surface area is 102 Å². The van der Waals surface area contributed by atoms with Crippen molar-refractivity contribution in [3.8, 4) is 0 Å². The van der Waals surface area contributed by atoms with E-state index in [0.717, 1.165) is 12.8 Å². The second-order valence-electron chi connectivity index (χ2n) is 3.43. The van der Waals surface area contributed by atoms with Gasteiger partial charge in [0.15, 0.2) is 0 Å². The van der Waals surface area contributed by atoms with Crippen LogP contribution < -0.4 is 40.0 Å². The van der Waals surface area contributed by atoms with E-state index in [1.165, 1.54) is 12.8 Å². The van der Waals surface area contributed by atoms with Gasteiger partial charge in [0.05, 0.1) is 5.97 Å². The minimum absolute atomic E-state index is 0. The number of hydrogen-bond donors (Lipinski definition) is 1. The predicted molar refractivity (Wildman–Crippen MR) is 44.5 cm³/mol. The van der Waals surface area contributed by atoms with Gasteiger partial charge < -0.3 is 15.2 Å². The molecule has 1 N–H and O–H groups in total. The second-order valence-corrected chi connectivity index (χ2v) is 3.43. The second kappa shape index (κ2) is 6.82. The molecule has 0 aliphatic heterocycles. The van der Waals surface area contributed by atoms with E-state index in [4.69, 9.17) is 0 Å². The average Bonchev–Trinajstić information content (AvgIpc) is 2.51. The van der Waals surface area contributed by atoms with Crippen LogP contribution in [0.4, 0.5) is 0 Å². The van der Waals surface area contributed by atoms with E-state index in [0.29, 0.717) is 12.5 Å². The maximum atomic E-state index is 10.5. The fraction of sp³-hybridized carbons (Fsp3) is 0.889. The van der Waals surface area contributed by atoms with Crippen molar-refractivity contribution >= 4 is 5.97 Å². The van der Waals surface area contributed by atoms with Crippen LogP contribution in [-0.2, 0) is 4.79 Å². The van der Waals surface area contributed by atoms with Gasteiger partial charge in [-0.15, -0.1) is 0 Å². The zero-order valence-corrected chi connectivity index (χ0v) is 10.5. The van der Waals surface area contributed by atoms with E-state index in [-0.39, 0.29) is 29.6 Å². The standard InChI is InChI=1S/C9H17NO2.Na/c1-2-8(9(11)12)10-7-5-3-4-6-7;/h7-8,10H,2-6H2,1H3,(H,11,12);/q;+1/p-1. The third-order valence-electron chi connectivity index (χ3n) is 2.48. The summed E-state index contributed by atoms with van der Waals surface area (Å²) in [5, 5.41) is 13.6. The number of hydrogen-bond acceptors (Lipinski definition) is 3. The maximum Gasteiger partial charge on any atom is 1.00 e. The molecule has 1 fully saturated rings.